The topological polar surface area (TPSA) is 42.7 Å². The summed E-state index contributed by atoms with van der Waals surface area (Å²) in [6.07, 6.45) is 3.18. The van der Waals surface area contributed by atoms with Gasteiger partial charge >= 0.3 is 0 Å². The van der Waals surface area contributed by atoms with Crippen LogP contribution in [0.3, 0.4) is 0 Å². The van der Waals surface area contributed by atoms with Crippen molar-refractivity contribution < 1.29 is 13.9 Å². The van der Waals surface area contributed by atoms with Gasteiger partial charge in [-0.15, -0.1) is 0 Å². The summed E-state index contributed by atoms with van der Waals surface area (Å²) in [4.78, 5) is 13.9. The molecule has 5 heteroatoms. The van der Waals surface area contributed by atoms with E-state index in [-0.39, 0.29) is 5.91 Å². The molecule has 0 aliphatic rings. The molecular weight excluding hydrogens is 334 g/mol. The first-order valence-corrected chi connectivity index (χ1v) is 7.22. The van der Waals surface area contributed by atoms with E-state index in [2.05, 4.69) is 22.5 Å². The second-order valence-corrected chi connectivity index (χ2v) is 5.23. The van der Waals surface area contributed by atoms with Gasteiger partial charge in [0, 0.05) is 13.6 Å². The highest BCUT2D eigenvalue weighted by atomic mass is 79.9. The van der Waals surface area contributed by atoms with Crippen LogP contribution in [0.15, 0.2) is 58.3 Å². The molecule has 2 aromatic rings. The molecule has 0 bridgehead atoms. The molecule has 0 unspecified atom stereocenters. The van der Waals surface area contributed by atoms with Gasteiger partial charge in [-0.3, -0.25) is 4.79 Å². The Balaban J connectivity index is 1.99. The minimum absolute atomic E-state index is 0.0948. The molecule has 1 aromatic carbocycles. The Kier molecular flexibility index (Phi) is 5.22. The van der Waals surface area contributed by atoms with Crippen molar-refractivity contribution in [1.82, 2.24) is 4.90 Å². The highest BCUT2D eigenvalue weighted by Gasteiger charge is 2.17. The third-order valence-corrected chi connectivity index (χ3v) is 3.52. The predicted octanol–water partition coefficient (Wildman–Crippen LogP) is 3.88. The van der Waals surface area contributed by atoms with Gasteiger partial charge in [-0.1, -0.05) is 24.8 Å². The highest BCUT2D eigenvalue weighted by molar-refractivity contribution is 9.10. The van der Waals surface area contributed by atoms with Crippen molar-refractivity contribution in [1.29, 1.82) is 0 Å². The maximum atomic E-state index is 12.2. The third-order valence-electron chi connectivity index (χ3n) is 2.91. The Morgan fingerprint density at radius 1 is 1.38 bits per heavy atom. The average molecular weight is 350 g/mol. The molecule has 4 nitrogen and oxygen atoms in total. The normalized spacial score (nSPS) is 10.2. The van der Waals surface area contributed by atoms with Crippen LogP contribution in [0.5, 0.6) is 5.75 Å². The molecule has 1 aromatic heterocycles. The largest absolute Gasteiger partial charge is 0.490 e. The lowest BCUT2D eigenvalue weighted by Crippen LogP contribution is -2.26. The van der Waals surface area contributed by atoms with Crippen molar-refractivity contribution in [3.63, 3.8) is 0 Å². The molecule has 0 spiro atoms. The van der Waals surface area contributed by atoms with Crippen molar-refractivity contribution in [2.75, 3.05) is 13.7 Å². The number of carbonyl (C=O) groups is 1. The van der Waals surface area contributed by atoms with Gasteiger partial charge in [0.05, 0.1) is 11.8 Å². The van der Waals surface area contributed by atoms with Crippen molar-refractivity contribution in [3.8, 4) is 5.75 Å². The van der Waals surface area contributed by atoms with Crippen LogP contribution in [0.25, 0.3) is 0 Å². The van der Waals surface area contributed by atoms with Crippen LogP contribution in [0.2, 0.25) is 0 Å². The summed E-state index contributed by atoms with van der Waals surface area (Å²) < 4.78 is 11.0. The number of hydrogen-bond acceptors (Lipinski definition) is 3. The Hall–Kier alpha value is -2.01. The first kappa shape index (κ1) is 15.4. The van der Waals surface area contributed by atoms with E-state index in [1.807, 2.05) is 24.3 Å². The molecule has 0 N–H and O–H groups in total. The van der Waals surface area contributed by atoms with E-state index in [0.29, 0.717) is 23.4 Å². The number of furan rings is 1. The van der Waals surface area contributed by atoms with Gasteiger partial charge in [-0.05, 0) is 39.7 Å². The van der Waals surface area contributed by atoms with Gasteiger partial charge in [-0.25, -0.2) is 0 Å². The second-order valence-electron chi connectivity index (χ2n) is 4.51. The summed E-state index contributed by atoms with van der Waals surface area (Å²) >= 11 is 3.22. The lowest BCUT2D eigenvalue weighted by molar-refractivity contribution is 0.0783. The van der Waals surface area contributed by atoms with Crippen LogP contribution in [-0.2, 0) is 6.54 Å². The molecule has 0 aliphatic carbocycles. The number of ether oxygens (including phenoxy) is 1. The lowest BCUT2D eigenvalue weighted by atomic mass is 10.2. The fourth-order valence-electron chi connectivity index (χ4n) is 1.84. The molecule has 0 fully saturated rings. The molecule has 0 saturated heterocycles. The zero-order valence-corrected chi connectivity index (χ0v) is 13.3. The Bertz CT molecular complexity index is 619. The number of amides is 1. The monoisotopic (exact) mass is 349 g/mol. The fourth-order valence-corrected chi connectivity index (χ4v) is 2.25. The molecular formula is C16H16BrNO3. The second kappa shape index (κ2) is 7.13. The maximum Gasteiger partial charge on any atom is 0.258 e. The Morgan fingerprint density at radius 2 is 2.10 bits per heavy atom. The number of nitrogens with zero attached hydrogens (tertiary/aromatic N) is 1. The quantitative estimate of drug-likeness (QED) is 0.743. The molecule has 0 aliphatic heterocycles. The van der Waals surface area contributed by atoms with Gasteiger partial charge in [-0.2, -0.15) is 0 Å². The van der Waals surface area contributed by atoms with Crippen molar-refractivity contribution >= 4 is 21.8 Å². The molecule has 110 valence electrons. The Labute approximate surface area is 132 Å². The molecule has 1 heterocycles. The van der Waals surface area contributed by atoms with Gasteiger partial charge < -0.3 is 14.1 Å². The summed E-state index contributed by atoms with van der Waals surface area (Å²) in [6.45, 7) is 4.59. The molecule has 21 heavy (non-hydrogen) atoms. The van der Waals surface area contributed by atoms with Gasteiger partial charge in [0.1, 0.15) is 12.4 Å². The zero-order chi connectivity index (χ0) is 15.2. The van der Waals surface area contributed by atoms with E-state index in [0.717, 1.165) is 11.3 Å². The third kappa shape index (κ3) is 3.98. The number of benzene rings is 1. The van der Waals surface area contributed by atoms with Crippen molar-refractivity contribution in [2.45, 2.75) is 6.54 Å². The summed E-state index contributed by atoms with van der Waals surface area (Å²) in [7, 11) is 1.75. The van der Waals surface area contributed by atoms with E-state index >= 15 is 0 Å². The lowest BCUT2D eigenvalue weighted by Gasteiger charge is -2.17. The van der Waals surface area contributed by atoms with Crippen molar-refractivity contribution in [2.24, 2.45) is 0 Å². The van der Waals surface area contributed by atoms with Crippen LogP contribution in [0.1, 0.15) is 15.9 Å². The fraction of sp³-hybridized carbons (Fsp3) is 0.188. The van der Waals surface area contributed by atoms with E-state index in [9.17, 15) is 4.79 Å². The standard InChI is InChI=1S/C16H16BrNO3/c1-3-9-20-13-6-4-12(5-7-13)11-18(2)16(19)14-8-10-21-15(14)17/h3-8,10H,1,9,11H2,2H3. The summed E-state index contributed by atoms with van der Waals surface area (Å²) in [5, 5.41) is 0. The highest BCUT2D eigenvalue weighted by Crippen LogP contribution is 2.20. The smallest absolute Gasteiger partial charge is 0.258 e. The molecule has 1 amide bonds. The van der Waals surface area contributed by atoms with E-state index in [1.165, 1.54) is 6.26 Å². The number of carbonyl (C=O) groups excluding carboxylic acids is 1. The predicted molar refractivity (Wildman–Crippen MR) is 84.3 cm³/mol. The van der Waals surface area contributed by atoms with Gasteiger partial charge in [0.2, 0.25) is 0 Å². The SMILES string of the molecule is C=CCOc1ccc(CN(C)C(=O)c2ccoc2Br)cc1. The molecule has 0 atom stereocenters. The van der Waals surface area contributed by atoms with Crippen LogP contribution in [0.4, 0.5) is 0 Å². The average Bonchev–Trinajstić information content (AvgIpc) is 2.92. The summed E-state index contributed by atoms with van der Waals surface area (Å²) in [5.74, 6) is 0.688. The van der Waals surface area contributed by atoms with Crippen LogP contribution in [0, 0.1) is 0 Å². The first-order valence-electron chi connectivity index (χ1n) is 6.43. The maximum absolute atomic E-state index is 12.2. The van der Waals surface area contributed by atoms with Crippen LogP contribution < -0.4 is 4.74 Å². The minimum Gasteiger partial charge on any atom is -0.490 e. The molecule has 2 rings (SSSR count). The van der Waals surface area contributed by atoms with Crippen molar-refractivity contribution in [3.05, 3.63) is 65.0 Å². The first-order chi connectivity index (χ1) is 10.1. The molecule has 0 saturated carbocycles. The number of hydrogen-bond donors (Lipinski definition) is 0. The van der Waals surface area contributed by atoms with E-state index < -0.39 is 0 Å². The van der Waals surface area contributed by atoms with Gasteiger partial charge in [0.15, 0.2) is 4.67 Å². The van der Waals surface area contributed by atoms with Gasteiger partial charge in [0.25, 0.3) is 5.91 Å². The van der Waals surface area contributed by atoms with Crippen LogP contribution in [-0.4, -0.2) is 24.5 Å². The zero-order valence-electron chi connectivity index (χ0n) is 11.7. The van der Waals surface area contributed by atoms with E-state index in [1.54, 1.807) is 24.1 Å². The molecule has 0 radical (unpaired) electrons. The summed E-state index contributed by atoms with van der Waals surface area (Å²) in [6, 6.07) is 9.28. The number of halogens is 1. The Morgan fingerprint density at radius 3 is 2.67 bits per heavy atom. The number of rotatable bonds is 6. The minimum atomic E-state index is -0.0948. The van der Waals surface area contributed by atoms with E-state index in [4.69, 9.17) is 9.15 Å². The summed E-state index contributed by atoms with van der Waals surface area (Å²) in [5.41, 5.74) is 1.54. The van der Waals surface area contributed by atoms with Crippen LogP contribution >= 0.6 is 15.9 Å².